The number of hydrogen-bond donors (Lipinski definition) is 1. The van der Waals surface area contributed by atoms with E-state index in [4.69, 9.17) is 9.52 Å². The highest BCUT2D eigenvalue weighted by molar-refractivity contribution is 7.13. The zero-order valence-corrected chi connectivity index (χ0v) is 11.7. The lowest BCUT2D eigenvalue weighted by atomic mass is 10.3. The van der Waals surface area contributed by atoms with Gasteiger partial charge < -0.3 is 14.4 Å². The summed E-state index contributed by atoms with van der Waals surface area (Å²) in [5, 5.41) is 11.0. The third-order valence-electron chi connectivity index (χ3n) is 2.72. The summed E-state index contributed by atoms with van der Waals surface area (Å²) in [6.45, 7) is 2.43. The van der Waals surface area contributed by atoms with Crippen molar-refractivity contribution < 1.29 is 19.1 Å². The van der Waals surface area contributed by atoms with Crippen molar-refractivity contribution in [3.05, 3.63) is 29.5 Å². The van der Waals surface area contributed by atoms with Crippen molar-refractivity contribution in [2.24, 2.45) is 0 Å². The Hall–Kier alpha value is -2.15. The monoisotopic (exact) mass is 294 g/mol. The average Bonchev–Trinajstić information content (AvgIpc) is 3.09. The van der Waals surface area contributed by atoms with Gasteiger partial charge in [-0.05, 0) is 19.1 Å². The maximum absolute atomic E-state index is 12.2. The topological polar surface area (TPSA) is 83.6 Å². The van der Waals surface area contributed by atoms with Crippen LogP contribution in [0.15, 0.2) is 28.2 Å². The zero-order valence-electron chi connectivity index (χ0n) is 10.9. The van der Waals surface area contributed by atoms with Gasteiger partial charge in [0.05, 0.1) is 12.7 Å². The summed E-state index contributed by atoms with van der Waals surface area (Å²) in [4.78, 5) is 28.5. The van der Waals surface area contributed by atoms with Crippen LogP contribution in [0.1, 0.15) is 23.8 Å². The van der Waals surface area contributed by atoms with Gasteiger partial charge in [0.2, 0.25) is 0 Å². The van der Waals surface area contributed by atoms with Crippen LogP contribution in [0.5, 0.6) is 0 Å². The van der Waals surface area contributed by atoms with Crippen LogP contribution in [0.3, 0.4) is 0 Å². The van der Waals surface area contributed by atoms with Gasteiger partial charge in [-0.25, -0.2) is 4.98 Å². The van der Waals surface area contributed by atoms with E-state index < -0.39 is 5.97 Å². The summed E-state index contributed by atoms with van der Waals surface area (Å²) >= 11 is 1.32. The fraction of sp³-hybridized carbons (Fsp3) is 0.308. The Kier molecular flexibility index (Phi) is 4.52. The third kappa shape index (κ3) is 3.24. The molecular formula is C13H14N2O4S. The number of thiazole rings is 1. The predicted octanol–water partition coefficient (Wildman–Crippen LogP) is 2.34. The molecule has 0 fully saturated rings. The van der Waals surface area contributed by atoms with Crippen LogP contribution in [-0.4, -0.2) is 40.0 Å². The second-order valence-electron chi connectivity index (χ2n) is 4.04. The molecule has 2 rings (SSSR count). The Balaban J connectivity index is 2.10. The Labute approximate surface area is 119 Å². The molecule has 106 valence electrons. The number of furan rings is 1. The first-order chi connectivity index (χ1) is 9.61. The lowest BCUT2D eigenvalue weighted by Crippen LogP contribution is -2.33. The molecule has 20 heavy (non-hydrogen) atoms. The fourth-order valence-electron chi connectivity index (χ4n) is 1.68. The number of aliphatic carboxylic acids is 1. The van der Waals surface area contributed by atoms with Crippen molar-refractivity contribution in [3.63, 3.8) is 0 Å². The fourth-order valence-corrected chi connectivity index (χ4v) is 2.44. The summed E-state index contributed by atoms with van der Waals surface area (Å²) in [5.74, 6) is -0.573. The molecule has 0 saturated carbocycles. The molecular weight excluding hydrogens is 280 g/mol. The lowest BCUT2D eigenvalue weighted by molar-refractivity contribution is -0.137. The minimum Gasteiger partial charge on any atom is -0.481 e. The number of aromatic nitrogens is 1. The average molecular weight is 294 g/mol. The van der Waals surface area contributed by atoms with Crippen LogP contribution < -0.4 is 0 Å². The summed E-state index contributed by atoms with van der Waals surface area (Å²) < 4.78 is 5.22. The third-order valence-corrected chi connectivity index (χ3v) is 3.58. The molecule has 2 aromatic rings. The standard InChI is InChI=1S/C13H14N2O4S/c1-2-15(6-5-11(16)17)13(18)9-8-20-12(14-9)10-4-3-7-19-10/h3-4,7-8H,2,5-6H2,1H3,(H,16,17). The van der Waals surface area contributed by atoms with E-state index in [9.17, 15) is 9.59 Å². The van der Waals surface area contributed by atoms with Gasteiger partial charge in [0.15, 0.2) is 10.8 Å². The smallest absolute Gasteiger partial charge is 0.305 e. The van der Waals surface area contributed by atoms with Gasteiger partial charge in [-0.1, -0.05) is 0 Å². The Morgan fingerprint density at radius 2 is 2.30 bits per heavy atom. The molecule has 0 aliphatic heterocycles. The van der Waals surface area contributed by atoms with E-state index in [0.717, 1.165) is 0 Å². The van der Waals surface area contributed by atoms with Gasteiger partial charge in [0.25, 0.3) is 5.91 Å². The molecule has 0 aromatic carbocycles. The Morgan fingerprint density at radius 3 is 2.90 bits per heavy atom. The number of carboxylic acids is 1. The highest BCUT2D eigenvalue weighted by Crippen LogP contribution is 2.24. The van der Waals surface area contributed by atoms with Gasteiger partial charge in [0, 0.05) is 18.5 Å². The van der Waals surface area contributed by atoms with Crippen LogP contribution >= 0.6 is 11.3 Å². The Bertz CT molecular complexity index is 591. The van der Waals surface area contributed by atoms with Crippen molar-refractivity contribution >= 4 is 23.2 Å². The van der Waals surface area contributed by atoms with E-state index in [-0.39, 0.29) is 18.9 Å². The first-order valence-electron chi connectivity index (χ1n) is 6.12. The minimum atomic E-state index is -0.925. The van der Waals surface area contributed by atoms with Crippen molar-refractivity contribution in [2.45, 2.75) is 13.3 Å². The molecule has 0 aliphatic rings. The minimum absolute atomic E-state index is 0.0746. The number of hydrogen-bond acceptors (Lipinski definition) is 5. The summed E-state index contributed by atoms with van der Waals surface area (Å²) in [6.07, 6.45) is 1.47. The zero-order chi connectivity index (χ0) is 14.5. The van der Waals surface area contributed by atoms with Gasteiger partial charge >= 0.3 is 5.97 Å². The second-order valence-corrected chi connectivity index (χ2v) is 4.90. The molecule has 7 heteroatoms. The van der Waals surface area contributed by atoms with Crippen LogP contribution in [0.2, 0.25) is 0 Å². The molecule has 0 unspecified atom stereocenters. The molecule has 2 aromatic heterocycles. The Morgan fingerprint density at radius 1 is 1.50 bits per heavy atom. The van der Waals surface area contributed by atoms with E-state index in [1.165, 1.54) is 16.2 Å². The quantitative estimate of drug-likeness (QED) is 0.884. The lowest BCUT2D eigenvalue weighted by Gasteiger charge is -2.18. The highest BCUT2D eigenvalue weighted by Gasteiger charge is 2.19. The molecule has 0 radical (unpaired) electrons. The van der Waals surface area contributed by atoms with Gasteiger partial charge in [0.1, 0.15) is 5.69 Å². The molecule has 1 amide bonds. The van der Waals surface area contributed by atoms with E-state index in [1.807, 2.05) is 0 Å². The van der Waals surface area contributed by atoms with Gasteiger partial charge in [-0.2, -0.15) is 0 Å². The van der Waals surface area contributed by atoms with Crippen molar-refractivity contribution in [3.8, 4) is 10.8 Å². The van der Waals surface area contributed by atoms with Crippen molar-refractivity contribution in [1.29, 1.82) is 0 Å². The number of carbonyl (C=O) groups excluding carboxylic acids is 1. The number of nitrogens with zero attached hydrogens (tertiary/aromatic N) is 2. The maximum Gasteiger partial charge on any atom is 0.305 e. The number of carboxylic acid groups (broad SMARTS) is 1. The van der Waals surface area contributed by atoms with E-state index in [1.54, 1.807) is 30.7 Å². The summed E-state index contributed by atoms with van der Waals surface area (Å²) in [5.41, 5.74) is 0.314. The maximum atomic E-state index is 12.2. The molecule has 0 aliphatic carbocycles. The normalized spacial score (nSPS) is 10.4. The largest absolute Gasteiger partial charge is 0.481 e. The molecule has 0 spiro atoms. The molecule has 1 N–H and O–H groups in total. The van der Waals surface area contributed by atoms with Crippen molar-refractivity contribution in [2.75, 3.05) is 13.1 Å². The first kappa shape index (κ1) is 14.3. The van der Waals surface area contributed by atoms with Crippen LogP contribution in [0.25, 0.3) is 10.8 Å². The second kappa shape index (κ2) is 6.33. The van der Waals surface area contributed by atoms with Gasteiger partial charge in [-0.15, -0.1) is 11.3 Å². The van der Waals surface area contributed by atoms with Crippen LogP contribution in [0, 0.1) is 0 Å². The molecule has 6 nitrogen and oxygen atoms in total. The molecule has 0 saturated heterocycles. The van der Waals surface area contributed by atoms with Crippen molar-refractivity contribution in [1.82, 2.24) is 9.88 Å². The van der Waals surface area contributed by atoms with E-state index in [2.05, 4.69) is 4.98 Å². The SMILES string of the molecule is CCN(CCC(=O)O)C(=O)c1csc(-c2ccco2)n1. The molecule has 2 heterocycles. The van der Waals surface area contributed by atoms with Crippen LogP contribution in [-0.2, 0) is 4.79 Å². The number of amides is 1. The number of rotatable bonds is 6. The van der Waals surface area contributed by atoms with Crippen LogP contribution in [0.4, 0.5) is 0 Å². The van der Waals surface area contributed by atoms with E-state index in [0.29, 0.717) is 23.0 Å². The summed E-state index contributed by atoms with van der Waals surface area (Å²) in [6, 6.07) is 3.53. The summed E-state index contributed by atoms with van der Waals surface area (Å²) in [7, 11) is 0. The van der Waals surface area contributed by atoms with E-state index >= 15 is 0 Å². The van der Waals surface area contributed by atoms with Gasteiger partial charge in [-0.3, -0.25) is 9.59 Å². The number of carbonyl (C=O) groups is 2. The predicted molar refractivity (Wildman–Crippen MR) is 73.6 cm³/mol. The first-order valence-corrected chi connectivity index (χ1v) is 7.00. The molecule has 0 atom stereocenters. The molecule has 0 bridgehead atoms. The highest BCUT2D eigenvalue weighted by atomic mass is 32.1.